The van der Waals surface area contributed by atoms with E-state index in [1.54, 1.807) is 7.11 Å². The summed E-state index contributed by atoms with van der Waals surface area (Å²) < 4.78 is 101. The minimum Gasteiger partial charge on any atom is -0.497 e. The smallest absolute Gasteiger partial charge is 0.416 e. The van der Waals surface area contributed by atoms with Gasteiger partial charge in [-0.25, -0.2) is 23.1 Å². The molecule has 1 saturated carbocycles. The number of benzene rings is 2. The van der Waals surface area contributed by atoms with Crippen LogP contribution in [0.25, 0.3) is 5.57 Å². The Kier molecular flexibility index (Phi) is 12.1. The molecule has 6 nitrogen and oxygen atoms in total. The maximum Gasteiger partial charge on any atom is 0.416 e. The van der Waals surface area contributed by atoms with Gasteiger partial charge < -0.3 is 14.4 Å². The number of aromatic nitrogens is 3. The number of fused-ring (bicyclic) bond motifs is 1. The predicted octanol–water partition coefficient (Wildman–Crippen LogP) is 12.8. The monoisotopic (exact) mass is 832 g/mol. The molecule has 2 atom stereocenters. The third-order valence-electron chi connectivity index (χ3n) is 13.1. The van der Waals surface area contributed by atoms with E-state index in [0.29, 0.717) is 67.3 Å². The number of ether oxygens (including phenoxy) is 2. The van der Waals surface area contributed by atoms with Gasteiger partial charge in [-0.1, -0.05) is 44.2 Å². The molecule has 3 heterocycles. The molecule has 0 amide bonds. The molecule has 4 aliphatic rings. The number of rotatable bonds is 10. The number of anilines is 1. The fourth-order valence-electron chi connectivity index (χ4n) is 9.85. The number of allylic oxidation sites excluding steroid dienone is 2. The van der Waals surface area contributed by atoms with E-state index >= 15 is 4.39 Å². The molecule has 3 aliphatic carbocycles. The van der Waals surface area contributed by atoms with Crippen LogP contribution in [0.3, 0.4) is 0 Å². The highest BCUT2D eigenvalue weighted by Crippen LogP contribution is 2.53. The van der Waals surface area contributed by atoms with Gasteiger partial charge in [0.2, 0.25) is 11.9 Å². The summed E-state index contributed by atoms with van der Waals surface area (Å²) in [7, 11) is 1.60. The summed E-state index contributed by atoms with van der Waals surface area (Å²) in [6, 6.07) is 11.8. The molecular weight excluding hydrogens is 779 g/mol. The molecule has 2 aromatic carbocycles. The van der Waals surface area contributed by atoms with Crippen molar-refractivity contribution in [1.82, 2.24) is 15.0 Å². The molecule has 1 saturated heterocycles. The van der Waals surface area contributed by atoms with E-state index in [9.17, 15) is 22.0 Å². The molecule has 320 valence electrons. The van der Waals surface area contributed by atoms with Crippen LogP contribution in [0.2, 0.25) is 0 Å². The average molecular weight is 833 g/mol. The maximum atomic E-state index is 17.8. The summed E-state index contributed by atoms with van der Waals surface area (Å²) >= 11 is 0. The third-order valence-corrected chi connectivity index (χ3v) is 13.1. The molecule has 2 fully saturated rings. The molecule has 0 unspecified atom stereocenters. The highest BCUT2D eigenvalue weighted by Gasteiger charge is 2.44. The molecule has 1 aliphatic heterocycles. The van der Waals surface area contributed by atoms with Gasteiger partial charge in [-0.3, -0.25) is 4.98 Å². The van der Waals surface area contributed by atoms with Crippen molar-refractivity contribution in [2.24, 2.45) is 5.41 Å². The van der Waals surface area contributed by atoms with Gasteiger partial charge in [-0.2, -0.15) is 13.2 Å². The standard InChI is InChI=1S/C48H54F6N4O2/c1-46(2)25-38-41(39(26-46)60-29-30-9-15-37(59-3)16-10-30)40(32-17-21-47(50,51)22-18-32)42(43(49)33-11-13-36(14-12-33)48(52,53)54)44(57-38)34-19-23-58(24-20-34)45-55-27-35(28-56-45)31-7-5-4-6-8-31/h7,9-16,27-28,32,34,39,43H,4-6,8,17-26,29H2,1-3H3/t39-,43-/m0/s1. The Morgan fingerprint density at radius 1 is 0.867 bits per heavy atom. The molecule has 0 radical (unpaired) electrons. The number of hydrogen-bond donors (Lipinski definition) is 0. The van der Waals surface area contributed by atoms with Gasteiger partial charge in [0.1, 0.15) is 5.75 Å². The number of halogens is 6. The zero-order valence-electron chi connectivity index (χ0n) is 34.6. The Hall–Kier alpha value is -4.45. The minimum absolute atomic E-state index is 0.0687. The summed E-state index contributed by atoms with van der Waals surface area (Å²) in [5.74, 6) is -2.11. The van der Waals surface area contributed by atoms with Gasteiger partial charge in [-0.05, 0) is 122 Å². The molecule has 60 heavy (non-hydrogen) atoms. The van der Waals surface area contributed by atoms with Crippen molar-refractivity contribution in [3.8, 4) is 5.75 Å². The lowest BCUT2D eigenvalue weighted by molar-refractivity contribution is -0.137. The predicted molar refractivity (Wildman–Crippen MR) is 220 cm³/mol. The lowest BCUT2D eigenvalue weighted by Crippen LogP contribution is -2.36. The molecule has 8 rings (SSSR count). The highest BCUT2D eigenvalue weighted by molar-refractivity contribution is 5.65. The second kappa shape index (κ2) is 17.1. The highest BCUT2D eigenvalue weighted by atomic mass is 19.4. The van der Waals surface area contributed by atoms with Gasteiger partial charge in [0.25, 0.3) is 0 Å². The first-order valence-electron chi connectivity index (χ1n) is 21.4. The molecule has 0 bridgehead atoms. The molecular formula is C48H54F6N4O2. The molecule has 12 heteroatoms. The van der Waals surface area contributed by atoms with Crippen LogP contribution in [0.15, 0.2) is 67.0 Å². The quantitative estimate of drug-likeness (QED) is 0.148. The zero-order chi connectivity index (χ0) is 42.2. The van der Waals surface area contributed by atoms with E-state index in [1.165, 1.54) is 24.1 Å². The summed E-state index contributed by atoms with van der Waals surface area (Å²) in [6.07, 6.45) is 5.54. The van der Waals surface area contributed by atoms with E-state index < -0.39 is 35.9 Å². The van der Waals surface area contributed by atoms with Crippen LogP contribution in [0.5, 0.6) is 5.75 Å². The van der Waals surface area contributed by atoms with E-state index in [1.807, 2.05) is 36.7 Å². The van der Waals surface area contributed by atoms with Crippen molar-refractivity contribution in [2.75, 3.05) is 25.1 Å². The fourth-order valence-corrected chi connectivity index (χ4v) is 9.85. The van der Waals surface area contributed by atoms with Crippen molar-refractivity contribution in [2.45, 2.75) is 134 Å². The third kappa shape index (κ3) is 9.23. The normalized spacial score (nSPS) is 21.6. The topological polar surface area (TPSA) is 60.4 Å². The largest absolute Gasteiger partial charge is 0.497 e. The Bertz CT molecular complexity index is 2140. The number of hydrogen-bond acceptors (Lipinski definition) is 6. The summed E-state index contributed by atoms with van der Waals surface area (Å²) in [5.41, 5.74) is 5.26. The first kappa shape index (κ1) is 42.2. The molecule has 0 N–H and O–H groups in total. The second-order valence-electron chi connectivity index (χ2n) is 18.0. The first-order valence-corrected chi connectivity index (χ1v) is 21.4. The summed E-state index contributed by atoms with van der Waals surface area (Å²) in [4.78, 5) is 17.0. The van der Waals surface area contributed by atoms with Crippen molar-refractivity contribution in [3.63, 3.8) is 0 Å². The molecule has 4 aromatic rings. The summed E-state index contributed by atoms with van der Waals surface area (Å²) in [6.45, 7) is 5.74. The summed E-state index contributed by atoms with van der Waals surface area (Å²) in [5, 5.41) is 0. The second-order valence-corrected chi connectivity index (χ2v) is 18.0. The van der Waals surface area contributed by atoms with Crippen LogP contribution in [0.1, 0.15) is 159 Å². The van der Waals surface area contributed by atoms with Crippen LogP contribution in [-0.2, 0) is 23.9 Å². The van der Waals surface area contributed by atoms with Crippen LogP contribution in [0.4, 0.5) is 32.3 Å². The Morgan fingerprint density at radius 3 is 2.17 bits per heavy atom. The van der Waals surface area contributed by atoms with E-state index in [0.717, 1.165) is 53.8 Å². The van der Waals surface area contributed by atoms with Crippen LogP contribution in [-0.4, -0.2) is 41.1 Å². The number of piperidine rings is 1. The van der Waals surface area contributed by atoms with E-state index in [2.05, 4.69) is 24.8 Å². The van der Waals surface area contributed by atoms with E-state index in [4.69, 9.17) is 24.4 Å². The Labute approximate surface area is 348 Å². The molecule has 0 spiro atoms. The van der Waals surface area contributed by atoms with Crippen molar-refractivity contribution < 1.29 is 35.8 Å². The SMILES string of the molecule is COc1ccc(CO[C@H]2CC(C)(C)Cc3nc(C4CCN(c5ncc(C6=CCCCC6)cn5)CC4)c([C@@H](F)c4ccc(C(F)(F)F)cc4)c(C4CCC(F)(F)CC4)c32)cc1. The van der Waals surface area contributed by atoms with Gasteiger partial charge in [-0.15, -0.1) is 0 Å². The number of alkyl halides is 6. The van der Waals surface area contributed by atoms with E-state index in [-0.39, 0.29) is 49.2 Å². The zero-order valence-corrected chi connectivity index (χ0v) is 34.6. The Morgan fingerprint density at radius 2 is 1.55 bits per heavy atom. The van der Waals surface area contributed by atoms with Gasteiger partial charge in [0, 0.05) is 66.6 Å². The van der Waals surface area contributed by atoms with Crippen LogP contribution in [0, 0.1) is 5.41 Å². The van der Waals surface area contributed by atoms with Gasteiger partial charge >= 0.3 is 6.18 Å². The molecule has 2 aromatic heterocycles. The van der Waals surface area contributed by atoms with Crippen LogP contribution >= 0.6 is 0 Å². The Balaban J connectivity index is 1.20. The number of nitrogens with zero attached hydrogens (tertiary/aromatic N) is 4. The van der Waals surface area contributed by atoms with Gasteiger partial charge in [0.15, 0.2) is 6.17 Å². The fraction of sp³-hybridized carbons (Fsp3) is 0.521. The van der Waals surface area contributed by atoms with Crippen molar-refractivity contribution in [3.05, 3.63) is 117 Å². The number of pyridine rings is 1. The average Bonchev–Trinajstić information content (AvgIpc) is 3.25. The van der Waals surface area contributed by atoms with Crippen molar-refractivity contribution >= 4 is 11.5 Å². The number of methoxy groups -OCH3 is 1. The maximum absolute atomic E-state index is 17.8. The first-order chi connectivity index (χ1) is 28.7. The lowest BCUT2D eigenvalue weighted by Gasteiger charge is -2.42. The van der Waals surface area contributed by atoms with Crippen molar-refractivity contribution in [1.29, 1.82) is 0 Å². The van der Waals surface area contributed by atoms with Crippen LogP contribution < -0.4 is 9.64 Å². The lowest BCUT2D eigenvalue weighted by atomic mass is 9.68. The van der Waals surface area contributed by atoms with Gasteiger partial charge in [0.05, 0.1) is 31.1 Å². The minimum atomic E-state index is -4.59.